The molecule has 4 radical (unpaired) electrons. The summed E-state index contributed by atoms with van der Waals surface area (Å²) in [4.78, 5) is 25.4. The third-order valence-corrected chi connectivity index (χ3v) is 7.18. The number of aliphatic hydroxyl groups is 1. The number of ether oxygens (including phenoxy) is 2. The Morgan fingerprint density at radius 1 is 1.38 bits per heavy atom. The van der Waals surface area contributed by atoms with Gasteiger partial charge in [0.25, 0.3) is 5.56 Å². The molecule has 1 aliphatic rings. The third-order valence-electron chi connectivity index (χ3n) is 3.74. The second kappa shape index (κ2) is 8.05. The lowest BCUT2D eigenvalue weighted by atomic mass is 9.61. The highest BCUT2D eigenvalue weighted by molar-refractivity contribution is 8.54. The summed E-state index contributed by atoms with van der Waals surface area (Å²) in [7, 11) is 13.6. The maximum absolute atomic E-state index is 12.5. The number of methoxy groups -OCH3 is 1. The van der Waals surface area contributed by atoms with E-state index in [1.54, 1.807) is 0 Å². The van der Waals surface area contributed by atoms with E-state index in [-0.39, 0.29) is 0 Å². The van der Waals surface area contributed by atoms with Gasteiger partial charge in [-0.15, -0.1) is 0 Å². The zero-order chi connectivity index (χ0) is 19.7. The first-order chi connectivity index (χ1) is 12.1. The van der Waals surface area contributed by atoms with Gasteiger partial charge in [0.15, 0.2) is 6.23 Å². The van der Waals surface area contributed by atoms with Gasteiger partial charge < -0.3 is 19.1 Å². The van der Waals surface area contributed by atoms with E-state index in [0.29, 0.717) is 0 Å². The molecule has 1 aromatic heterocycles. The largest absolute Gasteiger partial charge is 0.406 e. The molecule has 0 amide bonds. The van der Waals surface area contributed by atoms with E-state index in [0.717, 1.165) is 22.0 Å². The summed E-state index contributed by atoms with van der Waals surface area (Å²) in [5.41, 5.74) is -1.40. The normalized spacial score (nSPS) is 28.8. The van der Waals surface area contributed by atoms with Crippen molar-refractivity contribution in [2.24, 2.45) is 0 Å². The van der Waals surface area contributed by atoms with Gasteiger partial charge in [0.05, 0.1) is 0 Å². The summed E-state index contributed by atoms with van der Waals surface area (Å²) >= 11 is 0.807. The van der Waals surface area contributed by atoms with Gasteiger partial charge in [-0.2, -0.15) is 0 Å². The van der Waals surface area contributed by atoms with Crippen LogP contribution >= 0.6 is 18.2 Å². The Labute approximate surface area is 155 Å². The van der Waals surface area contributed by atoms with Gasteiger partial charge in [0.2, 0.25) is 0 Å². The Kier molecular flexibility index (Phi) is 6.66. The van der Waals surface area contributed by atoms with Crippen LogP contribution in [-0.2, 0) is 23.1 Å². The van der Waals surface area contributed by atoms with E-state index in [1.807, 2.05) is 0 Å². The highest BCUT2D eigenvalue weighted by atomic mass is 32.7. The molecule has 0 bridgehead atoms. The van der Waals surface area contributed by atoms with Gasteiger partial charge in [-0.25, -0.2) is 9.36 Å². The molecule has 26 heavy (non-hydrogen) atoms. The molecule has 2 N–H and O–H groups in total. The number of hydrogen-bond donors (Lipinski definition) is 2. The van der Waals surface area contributed by atoms with E-state index in [9.17, 15) is 19.3 Å². The first-order valence-corrected chi connectivity index (χ1v) is 10.6. The molecule has 0 spiro atoms. The average Bonchev–Trinajstić information content (AvgIpc) is 2.92. The Morgan fingerprint density at radius 3 is 2.50 bits per heavy atom. The maximum Gasteiger partial charge on any atom is 0.389 e. The van der Waals surface area contributed by atoms with Crippen LogP contribution in [0.2, 0.25) is 0 Å². The van der Waals surface area contributed by atoms with E-state index in [4.69, 9.17) is 34.2 Å². The van der Waals surface area contributed by atoms with Crippen molar-refractivity contribution in [3.05, 3.63) is 33.1 Å². The number of hydrogen-bond acceptors (Lipinski definition) is 9. The number of aromatic amines is 1. The van der Waals surface area contributed by atoms with Crippen LogP contribution in [0.5, 0.6) is 0 Å². The Hall–Kier alpha value is -0.810. The number of aromatic nitrogens is 2. The molecule has 2 rings (SSSR count). The third kappa shape index (κ3) is 4.36. The summed E-state index contributed by atoms with van der Waals surface area (Å²) in [6.45, 7) is -3.64. The molecule has 5 unspecified atom stereocenters. The minimum absolute atomic E-state index is 0.608. The van der Waals surface area contributed by atoms with Gasteiger partial charge in [0.1, 0.15) is 34.0 Å². The summed E-state index contributed by atoms with van der Waals surface area (Å²) in [5.74, 6) is 0. The topological polar surface area (TPSA) is 129 Å². The fraction of sp³-hybridized carbons (Fsp3) is 0.667. The first kappa shape index (κ1) is 21.5. The van der Waals surface area contributed by atoms with Crippen molar-refractivity contribution in [3.8, 4) is 0 Å². The lowest BCUT2D eigenvalue weighted by Crippen LogP contribution is -2.51. The van der Waals surface area contributed by atoms with Gasteiger partial charge in [0, 0.05) is 31.9 Å². The van der Waals surface area contributed by atoms with E-state index < -0.39 is 48.0 Å². The van der Waals surface area contributed by atoms with Crippen molar-refractivity contribution < 1.29 is 28.2 Å². The van der Waals surface area contributed by atoms with E-state index in [2.05, 4.69) is 4.98 Å². The van der Waals surface area contributed by atoms with Crippen LogP contribution in [0.15, 0.2) is 21.9 Å². The molecule has 0 saturated carbocycles. The fourth-order valence-corrected chi connectivity index (χ4v) is 4.39. The van der Waals surface area contributed by atoms with Crippen LogP contribution in [0.1, 0.15) is 6.23 Å². The zero-order valence-electron chi connectivity index (χ0n) is 14.2. The predicted molar refractivity (Wildman–Crippen MR) is 95.5 cm³/mol. The first-order valence-electron chi connectivity index (χ1n) is 7.26. The molecular weight excluding hydrogens is 385 g/mol. The summed E-state index contributed by atoms with van der Waals surface area (Å²) in [6, 6.07) is 1.10. The summed E-state index contributed by atoms with van der Waals surface area (Å²) < 4.78 is 34.8. The molecule has 140 valence electrons. The average molecular weight is 402 g/mol. The molecule has 1 aliphatic heterocycles. The molecule has 14 heteroatoms. The molecule has 5 atom stereocenters. The molecule has 10 nitrogen and oxygen atoms in total. The number of nitrogens with zero attached hydrogens (tertiary/aromatic N) is 1. The molecule has 1 aromatic rings. The van der Waals surface area contributed by atoms with Crippen molar-refractivity contribution in [2.75, 3.05) is 20.5 Å². The fourth-order valence-electron chi connectivity index (χ4n) is 2.54. The van der Waals surface area contributed by atoms with E-state index in [1.165, 1.54) is 26.7 Å². The van der Waals surface area contributed by atoms with Crippen LogP contribution in [0, 0.1) is 0 Å². The van der Waals surface area contributed by atoms with Crippen LogP contribution in [0.4, 0.5) is 0 Å². The highest BCUT2D eigenvalue weighted by Crippen LogP contribution is 2.61. The second-order valence-corrected chi connectivity index (χ2v) is 9.71. The highest BCUT2D eigenvalue weighted by Gasteiger charge is 2.54. The zero-order valence-corrected chi connectivity index (χ0v) is 15.9. The number of rotatable bonds is 7. The Morgan fingerprint density at radius 2 is 2.04 bits per heavy atom. The van der Waals surface area contributed by atoms with Gasteiger partial charge in [-0.1, -0.05) is 0 Å². The monoisotopic (exact) mass is 402 g/mol. The van der Waals surface area contributed by atoms with Gasteiger partial charge in [-0.3, -0.25) is 18.9 Å². The standard InChI is InChI=1S/C12H17B2N2O8PS/c1-21-8-7(24-25(20,22-2)26-3)9(12(13,14)19)23-10(8)16-5-4-6(17)15-11(16)18/h4-5,7-10,19H,1-3H3,(H,15,17,18). The molecule has 1 saturated heterocycles. The summed E-state index contributed by atoms with van der Waals surface area (Å²) in [5, 5.41) is 7.63. The molecule has 1 fully saturated rings. The SMILES string of the molecule is [B]C([B])(O)C1OC(n2ccc(=O)[nH]c2=O)C(OC)C1OP(=O)(OC)SC. The smallest absolute Gasteiger partial charge is 0.389 e. The second-order valence-electron chi connectivity index (χ2n) is 5.43. The molecular formula is C12H17B2N2O8PS. The van der Waals surface area contributed by atoms with E-state index >= 15 is 0 Å². The molecule has 0 aliphatic carbocycles. The van der Waals surface area contributed by atoms with Crippen molar-refractivity contribution in [1.82, 2.24) is 9.55 Å². The lowest BCUT2D eigenvalue weighted by Gasteiger charge is -2.32. The Bertz CT molecular complexity index is 788. The Balaban J connectivity index is 2.48. The van der Waals surface area contributed by atoms with Crippen LogP contribution in [-0.4, -0.2) is 74.5 Å². The quantitative estimate of drug-likeness (QED) is 0.433. The molecule has 2 heterocycles. The minimum Gasteiger partial charge on any atom is -0.406 e. The van der Waals surface area contributed by atoms with Gasteiger partial charge >= 0.3 is 12.5 Å². The summed E-state index contributed by atoms with van der Waals surface area (Å²) in [6.07, 6.45) is -2.23. The molecule has 0 aromatic carbocycles. The van der Waals surface area contributed by atoms with Crippen LogP contribution in [0.3, 0.4) is 0 Å². The van der Waals surface area contributed by atoms with Crippen molar-refractivity contribution in [3.63, 3.8) is 0 Å². The van der Waals surface area contributed by atoms with Crippen LogP contribution < -0.4 is 11.2 Å². The number of nitrogens with one attached hydrogen (secondary N) is 1. The van der Waals surface area contributed by atoms with Crippen molar-refractivity contribution in [1.29, 1.82) is 0 Å². The van der Waals surface area contributed by atoms with Crippen LogP contribution in [0.25, 0.3) is 0 Å². The van der Waals surface area contributed by atoms with Gasteiger partial charge in [-0.05, 0) is 17.6 Å². The maximum atomic E-state index is 12.5. The number of H-pyrrole nitrogens is 1. The van der Waals surface area contributed by atoms with Crippen molar-refractivity contribution >= 4 is 33.9 Å². The lowest BCUT2D eigenvalue weighted by molar-refractivity contribution is -0.0787. The minimum atomic E-state index is -3.64. The predicted octanol–water partition coefficient (Wildman–Crippen LogP) is -1.07. The van der Waals surface area contributed by atoms with Crippen molar-refractivity contribution in [2.45, 2.75) is 29.9 Å².